The van der Waals surface area contributed by atoms with Crippen molar-refractivity contribution in [3.8, 4) is 0 Å². The van der Waals surface area contributed by atoms with Gasteiger partial charge < -0.3 is 19.5 Å². The van der Waals surface area contributed by atoms with E-state index < -0.39 is 0 Å². The number of nitrogens with zero attached hydrogens (tertiary/aromatic N) is 2. The van der Waals surface area contributed by atoms with Gasteiger partial charge in [0.1, 0.15) is 5.76 Å². The molecular formula is C20H29N3O3. The lowest BCUT2D eigenvalue weighted by atomic mass is 9.94. The minimum absolute atomic E-state index is 0.0716. The Morgan fingerprint density at radius 1 is 1.23 bits per heavy atom. The largest absolute Gasteiger partial charge is 0.467 e. The van der Waals surface area contributed by atoms with Crippen LogP contribution in [0, 0.1) is 11.8 Å². The zero-order valence-electron chi connectivity index (χ0n) is 15.5. The fraction of sp³-hybridized carbons (Fsp3) is 0.700. The summed E-state index contributed by atoms with van der Waals surface area (Å²) in [6, 6.07) is 4.46. The number of nitrogens with one attached hydrogen (secondary N) is 1. The van der Waals surface area contributed by atoms with E-state index in [1.807, 2.05) is 17.0 Å². The van der Waals surface area contributed by atoms with Crippen LogP contribution in [0.1, 0.15) is 51.2 Å². The first-order valence-electron chi connectivity index (χ1n) is 10.0. The van der Waals surface area contributed by atoms with Crippen molar-refractivity contribution in [2.24, 2.45) is 11.8 Å². The van der Waals surface area contributed by atoms with Crippen molar-refractivity contribution in [2.75, 3.05) is 13.1 Å². The summed E-state index contributed by atoms with van der Waals surface area (Å²) in [6.45, 7) is 3.93. The summed E-state index contributed by atoms with van der Waals surface area (Å²) in [5.74, 6) is 1.87. The number of hydrogen-bond donors (Lipinski definition) is 1. The first-order valence-corrected chi connectivity index (χ1v) is 10.0. The van der Waals surface area contributed by atoms with Crippen molar-refractivity contribution in [3.05, 3.63) is 24.2 Å². The predicted molar refractivity (Wildman–Crippen MR) is 97.3 cm³/mol. The number of amides is 3. The molecule has 1 aliphatic heterocycles. The van der Waals surface area contributed by atoms with Gasteiger partial charge in [-0.3, -0.25) is 4.79 Å². The Hall–Kier alpha value is -1.98. The molecule has 0 radical (unpaired) electrons. The third kappa shape index (κ3) is 3.89. The van der Waals surface area contributed by atoms with E-state index in [4.69, 9.17) is 4.42 Å². The van der Waals surface area contributed by atoms with E-state index in [1.54, 1.807) is 6.26 Å². The Morgan fingerprint density at radius 3 is 2.54 bits per heavy atom. The average Bonchev–Trinajstić information content (AvgIpc) is 3.59. The molecule has 4 rings (SSSR count). The molecule has 0 spiro atoms. The third-order valence-electron chi connectivity index (χ3n) is 6.06. The first kappa shape index (κ1) is 17.4. The van der Waals surface area contributed by atoms with Crippen LogP contribution < -0.4 is 5.32 Å². The van der Waals surface area contributed by atoms with E-state index in [0.29, 0.717) is 43.5 Å². The molecule has 1 saturated heterocycles. The summed E-state index contributed by atoms with van der Waals surface area (Å²) < 4.78 is 5.24. The lowest BCUT2D eigenvalue weighted by Gasteiger charge is -2.37. The van der Waals surface area contributed by atoms with Gasteiger partial charge in [0.05, 0.1) is 12.8 Å². The van der Waals surface area contributed by atoms with Gasteiger partial charge in [-0.1, -0.05) is 0 Å². The molecular weight excluding hydrogens is 330 g/mol. The van der Waals surface area contributed by atoms with Crippen LogP contribution in [0.3, 0.4) is 0 Å². The van der Waals surface area contributed by atoms with Crippen LogP contribution in [-0.2, 0) is 11.3 Å². The van der Waals surface area contributed by atoms with Gasteiger partial charge >= 0.3 is 6.03 Å². The summed E-state index contributed by atoms with van der Waals surface area (Å²) in [6.07, 6.45) is 8.01. The van der Waals surface area contributed by atoms with Gasteiger partial charge in [0.15, 0.2) is 0 Å². The number of furan rings is 1. The van der Waals surface area contributed by atoms with Gasteiger partial charge in [0.25, 0.3) is 0 Å². The molecule has 0 aromatic carbocycles. The van der Waals surface area contributed by atoms with Crippen LogP contribution in [0.2, 0.25) is 0 Å². The van der Waals surface area contributed by atoms with Gasteiger partial charge in [-0.15, -0.1) is 0 Å². The van der Waals surface area contributed by atoms with Crippen LogP contribution >= 0.6 is 0 Å². The zero-order chi connectivity index (χ0) is 18.1. The fourth-order valence-electron chi connectivity index (χ4n) is 4.10. The number of rotatable bonds is 6. The van der Waals surface area contributed by atoms with Gasteiger partial charge in [0, 0.05) is 31.1 Å². The highest BCUT2D eigenvalue weighted by atomic mass is 16.3. The highest BCUT2D eigenvalue weighted by Gasteiger charge is 2.43. The molecule has 1 aromatic heterocycles. The highest BCUT2D eigenvalue weighted by molar-refractivity contribution is 5.80. The summed E-state index contributed by atoms with van der Waals surface area (Å²) in [4.78, 5) is 29.4. The highest BCUT2D eigenvalue weighted by Crippen LogP contribution is 2.41. The quantitative estimate of drug-likeness (QED) is 0.849. The standard InChI is InChI=1S/C20H29N3O3/c1-14(15-4-5-15)23(17-6-7-17)19(24)16-8-10-22(11-9-16)20(25)21-13-18-3-2-12-26-18/h2-3,12,14-17H,4-11,13H2,1H3,(H,21,25). The molecule has 1 unspecified atom stereocenters. The molecule has 6 heteroatoms. The Labute approximate surface area is 154 Å². The van der Waals surface area contributed by atoms with Gasteiger partial charge in [-0.2, -0.15) is 0 Å². The maximum absolute atomic E-state index is 13.1. The SMILES string of the molecule is CC(C1CC1)N(C(=O)C1CCN(C(=O)NCc2ccco2)CC1)C1CC1. The van der Waals surface area contributed by atoms with Crippen LogP contribution in [0.4, 0.5) is 4.79 Å². The second-order valence-corrected chi connectivity index (χ2v) is 8.05. The molecule has 6 nitrogen and oxygen atoms in total. The van der Waals surface area contributed by atoms with Crippen LogP contribution in [0.15, 0.2) is 22.8 Å². The maximum atomic E-state index is 13.1. The lowest BCUT2D eigenvalue weighted by molar-refractivity contribution is -0.140. The number of hydrogen-bond acceptors (Lipinski definition) is 3. The molecule has 2 saturated carbocycles. The summed E-state index contributed by atoms with van der Waals surface area (Å²) in [5, 5.41) is 2.89. The summed E-state index contributed by atoms with van der Waals surface area (Å²) >= 11 is 0. The van der Waals surface area contributed by atoms with Crippen molar-refractivity contribution in [3.63, 3.8) is 0 Å². The lowest BCUT2D eigenvalue weighted by Crippen LogP contribution is -2.50. The smallest absolute Gasteiger partial charge is 0.317 e. The van der Waals surface area contributed by atoms with Crippen molar-refractivity contribution >= 4 is 11.9 Å². The molecule has 1 atom stereocenters. The Balaban J connectivity index is 1.27. The van der Waals surface area contributed by atoms with Crippen LogP contribution in [0.5, 0.6) is 0 Å². The van der Waals surface area contributed by atoms with Gasteiger partial charge in [-0.05, 0) is 63.5 Å². The monoisotopic (exact) mass is 359 g/mol. The molecule has 26 heavy (non-hydrogen) atoms. The summed E-state index contributed by atoms with van der Waals surface area (Å²) in [7, 11) is 0. The molecule has 3 fully saturated rings. The van der Waals surface area contributed by atoms with Crippen molar-refractivity contribution in [1.29, 1.82) is 0 Å². The number of urea groups is 1. The van der Waals surface area contributed by atoms with E-state index in [1.165, 1.54) is 12.8 Å². The molecule has 1 N–H and O–H groups in total. The van der Waals surface area contributed by atoms with Crippen LogP contribution in [0.25, 0.3) is 0 Å². The number of carbonyl (C=O) groups excluding carboxylic acids is 2. The van der Waals surface area contributed by atoms with Crippen LogP contribution in [-0.4, -0.2) is 46.9 Å². The minimum Gasteiger partial charge on any atom is -0.467 e. The van der Waals surface area contributed by atoms with E-state index >= 15 is 0 Å². The van der Waals surface area contributed by atoms with Crippen molar-refractivity contribution in [2.45, 2.75) is 64.1 Å². The topological polar surface area (TPSA) is 65.8 Å². The molecule has 0 bridgehead atoms. The van der Waals surface area contributed by atoms with Gasteiger partial charge in [0.2, 0.25) is 5.91 Å². The Morgan fingerprint density at radius 2 is 1.96 bits per heavy atom. The predicted octanol–water partition coefficient (Wildman–Crippen LogP) is 2.99. The Kier molecular flexibility index (Phi) is 4.92. The average molecular weight is 359 g/mol. The van der Waals surface area contributed by atoms with Crippen molar-refractivity contribution in [1.82, 2.24) is 15.1 Å². The molecule has 3 amide bonds. The minimum atomic E-state index is -0.0716. The molecule has 3 aliphatic rings. The van der Waals surface area contributed by atoms with Gasteiger partial charge in [-0.25, -0.2) is 4.79 Å². The first-order chi connectivity index (χ1) is 12.6. The summed E-state index contributed by atoms with van der Waals surface area (Å²) in [5.41, 5.74) is 0. The Bertz CT molecular complexity index is 629. The third-order valence-corrected chi connectivity index (χ3v) is 6.06. The molecule has 1 aromatic rings. The second-order valence-electron chi connectivity index (χ2n) is 8.05. The normalized spacial score (nSPS) is 22.1. The molecule has 2 heterocycles. The van der Waals surface area contributed by atoms with E-state index in [-0.39, 0.29) is 11.9 Å². The molecule has 142 valence electrons. The number of likely N-dealkylation sites (tertiary alicyclic amines) is 1. The maximum Gasteiger partial charge on any atom is 0.317 e. The second kappa shape index (κ2) is 7.33. The van der Waals surface area contributed by atoms with E-state index in [0.717, 1.165) is 31.4 Å². The van der Waals surface area contributed by atoms with E-state index in [2.05, 4.69) is 17.1 Å². The van der Waals surface area contributed by atoms with Crippen molar-refractivity contribution < 1.29 is 14.0 Å². The molecule has 2 aliphatic carbocycles. The zero-order valence-corrected chi connectivity index (χ0v) is 15.5. The number of piperidine rings is 1. The fourth-order valence-corrected chi connectivity index (χ4v) is 4.10. The van der Waals surface area contributed by atoms with E-state index in [9.17, 15) is 9.59 Å². The number of carbonyl (C=O) groups is 2.